The zero-order chi connectivity index (χ0) is 18.1. The van der Waals surface area contributed by atoms with E-state index in [1.54, 1.807) is 19.2 Å². The van der Waals surface area contributed by atoms with Gasteiger partial charge < -0.3 is 14.5 Å². The Hall–Kier alpha value is -3.54. The summed E-state index contributed by atoms with van der Waals surface area (Å²) in [4.78, 5) is 17.3. The topological polar surface area (TPSA) is 68.8 Å². The number of rotatable bonds is 4. The predicted molar refractivity (Wildman–Crippen MR) is 98.6 cm³/mol. The highest BCUT2D eigenvalue weighted by Gasteiger charge is 2.20. The molecule has 130 valence electrons. The van der Waals surface area contributed by atoms with Gasteiger partial charge in [-0.25, -0.2) is 4.98 Å². The van der Waals surface area contributed by atoms with Gasteiger partial charge in [0, 0.05) is 11.8 Å². The Kier molecular flexibility index (Phi) is 3.93. The molecule has 6 heteroatoms. The quantitative estimate of drug-likeness (QED) is 0.602. The number of pyridine rings is 1. The van der Waals surface area contributed by atoms with Crippen LogP contribution < -0.4 is 10.1 Å². The number of aromatic nitrogens is 2. The van der Waals surface area contributed by atoms with E-state index in [1.165, 1.54) is 6.26 Å². The van der Waals surface area contributed by atoms with E-state index < -0.39 is 0 Å². The molecule has 0 saturated heterocycles. The summed E-state index contributed by atoms with van der Waals surface area (Å²) < 4.78 is 12.5. The summed E-state index contributed by atoms with van der Waals surface area (Å²) in [6, 6.07) is 14.8. The Morgan fingerprint density at radius 2 is 2.00 bits per heavy atom. The van der Waals surface area contributed by atoms with Gasteiger partial charge in [-0.1, -0.05) is 18.2 Å². The molecule has 1 N–H and O–H groups in total. The van der Waals surface area contributed by atoms with Crippen LogP contribution in [-0.4, -0.2) is 22.4 Å². The van der Waals surface area contributed by atoms with E-state index in [0.717, 1.165) is 16.8 Å². The predicted octanol–water partition coefficient (Wildman–Crippen LogP) is 4.16. The van der Waals surface area contributed by atoms with Crippen molar-refractivity contribution in [1.29, 1.82) is 0 Å². The summed E-state index contributed by atoms with van der Waals surface area (Å²) in [7, 11) is 1.61. The van der Waals surface area contributed by atoms with Crippen LogP contribution in [0.2, 0.25) is 0 Å². The lowest BCUT2D eigenvalue weighted by Crippen LogP contribution is -2.13. The van der Waals surface area contributed by atoms with Gasteiger partial charge in [0.1, 0.15) is 22.9 Å². The molecule has 6 nitrogen and oxygen atoms in total. The molecule has 0 fully saturated rings. The number of anilines is 1. The Labute approximate surface area is 150 Å². The first-order valence-electron chi connectivity index (χ1n) is 8.14. The standard InChI is InChI=1S/C20H17N3O3/c1-13-9-10-17-21-18(14-6-3-4-7-15(14)25-2)19(23(17)12-13)22-20(24)16-8-5-11-26-16/h3-12H,1-2H3,(H,22,24). The minimum atomic E-state index is -0.338. The van der Waals surface area contributed by atoms with Crippen molar-refractivity contribution in [2.45, 2.75) is 6.92 Å². The highest BCUT2D eigenvalue weighted by Crippen LogP contribution is 2.35. The second kappa shape index (κ2) is 6.40. The third-order valence-electron chi connectivity index (χ3n) is 4.11. The molecule has 0 saturated carbocycles. The van der Waals surface area contributed by atoms with Crippen LogP contribution in [0.1, 0.15) is 16.1 Å². The molecule has 0 atom stereocenters. The molecule has 0 aliphatic rings. The van der Waals surface area contributed by atoms with Gasteiger partial charge in [-0.05, 0) is 42.8 Å². The lowest BCUT2D eigenvalue weighted by Gasteiger charge is -2.09. The minimum Gasteiger partial charge on any atom is -0.496 e. The summed E-state index contributed by atoms with van der Waals surface area (Å²) >= 11 is 0. The number of ether oxygens (including phenoxy) is 1. The number of benzene rings is 1. The number of para-hydroxylation sites is 1. The van der Waals surface area contributed by atoms with Gasteiger partial charge in [-0.15, -0.1) is 0 Å². The lowest BCUT2D eigenvalue weighted by atomic mass is 10.1. The molecule has 1 aromatic carbocycles. The number of furan rings is 1. The number of aryl methyl sites for hydroxylation is 1. The number of methoxy groups -OCH3 is 1. The summed E-state index contributed by atoms with van der Waals surface area (Å²) in [5.74, 6) is 1.14. The van der Waals surface area contributed by atoms with Crippen molar-refractivity contribution in [3.05, 3.63) is 72.3 Å². The molecule has 0 spiro atoms. The summed E-state index contributed by atoms with van der Waals surface area (Å²) in [5.41, 5.74) is 3.21. The fraction of sp³-hybridized carbons (Fsp3) is 0.100. The summed E-state index contributed by atoms with van der Waals surface area (Å²) in [6.07, 6.45) is 3.40. The first kappa shape index (κ1) is 16.0. The van der Waals surface area contributed by atoms with Crippen molar-refractivity contribution in [1.82, 2.24) is 9.38 Å². The van der Waals surface area contributed by atoms with Crippen molar-refractivity contribution in [3.63, 3.8) is 0 Å². The number of hydrogen-bond donors (Lipinski definition) is 1. The maximum atomic E-state index is 12.6. The monoisotopic (exact) mass is 347 g/mol. The second-order valence-corrected chi connectivity index (χ2v) is 5.88. The zero-order valence-electron chi connectivity index (χ0n) is 14.4. The van der Waals surface area contributed by atoms with Crippen molar-refractivity contribution in [2.75, 3.05) is 12.4 Å². The number of amides is 1. The molecular weight excluding hydrogens is 330 g/mol. The van der Waals surface area contributed by atoms with Gasteiger partial charge in [0.25, 0.3) is 5.91 Å². The fourth-order valence-electron chi connectivity index (χ4n) is 2.88. The van der Waals surface area contributed by atoms with Crippen LogP contribution in [0, 0.1) is 6.92 Å². The molecular formula is C20H17N3O3. The Morgan fingerprint density at radius 1 is 1.15 bits per heavy atom. The van der Waals surface area contributed by atoms with E-state index in [9.17, 15) is 4.79 Å². The van der Waals surface area contributed by atoms with Crippen LogP contribution in [0.4, 0.5) is 5.82 Å². The second-order valence-electron chi connectivity index (χ2n) is 5.88. The van der Waals surface area contributed by atoms with Gasteiger partial charge in [0.2, 0.25) is 0 Å². The van der Waals surface area contributed by atoms with Gasteiger partial charge in [0.05, 0.1) is 13.4 Å². The molecule has 0 radical (unpaired) electrons. The molecule has 4 aromatic rings. The first-order chi connectivity index (χ1) is 12.7. The number of hydrogen-bond acceptors (Lipinski definition) is 4. The van der Waals surface area contributed by atoms with E-state index in [0.29, 0.717) is 17.3 Å². The van der Waals surface area contributed by atoms with Gasteiger partial charge >= 0.3 is 0 Å². The van der Waals surface area contributed by atoms with E-state index in [1.807, 2.05) is 53.9 Å². The number of nitrogens with one attached hydrogen (secondary N) is 1. The van der Waals surface area contributed by atoms with Crippen molar-refractivity contribution >= 4 is 17.4 Å². The van der Waals surface area contributed by atoms with Gasteiger partial charge in [-0.2, -0.15) is 0 Å². The molecule has 1 amide bonds. The fourth-order valence-corrected chi connectivity index (χ4v) is 2.88. The van der Waals surface area contributed by atoms with Crippen LogP contribution in [0.5, 0.6) is 5.75 Å². The Morgan fingerprint density at radius 3 is 2.77 bits per heavy atom. The maximum Gasteiger partial charge on any atom is 0.292 e. The van der Waals surface area contributed by atoms with Crippen molar-refractivity contribution in [2.24, 2.45) is 0 Å². The summed E-state index contributed by atoms with van der Waals surface area (Å²) in [6.45, 7) is 1.99. The SMILES string of the molecule is COc1ccccc1-c1nc2ccc(C)cn2c1NC(=O)c1ccco1. The van der Waals surface area contributed by atoms with E-state index >= 15 is 0 Å². The summed E-state index contributed by atoms with van der Waals surface area (Å²) in [5, 5.41) is 2.93. The molecule has 0 aliphatic carbocycles. The molecule has 0 aliphatic heterocycles. The average molecular weight is 347 g/mol. The number of nitrogens with zero attached hydrogens (tertiary/aromatic N) is 2. The molecule has 3 heterocycles. The smallest absolute Gasteiger partial charge is 0.292 e. The van der Waals surface area contributed by atoms with Crippen LogP contribution in [0.3, 0.4) is 0 Å². The maximum absolute atomic E-state index is 12.6. The van der Waals surface area contributed by atoms with E-state index in [-0.39, 0.29) is 11.7 Å². The minimum absolute atomic E-state index is 0.235. The van der Waals surface area contributed by atoms with Crippen molar-refractivity contribution < 1.29 is 13.9 Å². The highest BCUT2D eigenvalue weighted by atomic mass is 16.5. The van der Waals surface area contributed by atoms with E-state index in [2.05, 4.69) is 5.32 Å². The Balaban J connectivity index is 1.91. The normalized spacial score (nSPS) is 10.8. The molecule has 0 unspecified atom stereocenters. The molecule has 26 heavy (non-hydrogen) atoms. The zero-order valence-corrected chi connectivity index (χ0v) is 14.4. The molecule has 0 bridgehead atoms. The average Bonchev–Trinajstić information content (AvgIpc) is 3.30. The molecule has 4 rings (SSSR count). The van der Waals surface area contributed by atoms with Crippen LogP contribution in [0.25, 0.3) is 16.9 Å². The Bertz CT molecular complexity index is 1080. The number of carbonyl (C=O) groups is 1. The van der Waals surface area contributed by atoms with Crippen LogP contribution >= 0.6 is 0 Å². The first-order valence-corrected chi connectivity index (χ1v) is 8.14. The number of carbonyl (C=O) groups excluding carboxylic acids is 1. The number of fused-ring (bicyclic) bond motifs is 1. The van der Waals surface area contributed by atoms with Crippen LogP contribution in [0.15, 0.2) is 65.4 Å². The third kappa shape index (κ3) is 2.71. The van der Waals surface area contributed by atoms with Gasteiger partial charge in [0.15, 0.2) is 5.76 Å². The molecule has 3 aromatic heterocycles. The van der Waals surface area contributed by atoms with Crippen molar-refractivity contribution in [3.8, 4) is 17.0 Å². The highest BCUT2D eigenvalue weighted by molar-refractivity contribution is 6.04. The number of imidazole rings is 1. The van der Waals surface area contributed by atoms with Crippen LogP contribution in [-0.2, 0) is 0 Å². The van der Waals surface area contributed by atoms with Gasteiger partial charge in [-0.3, -0.25) is 9.20 Å². The van der Waals surface area contributed by atoms with E-state index in [4.69, 9.17) is 14.1 Å². The third-order valence-corrected chi connectivity index (χ3v) is 4.11. The largest absolute Gasteiger partial charge is 0.496 e. The lowest BCUT2D eigenvalue weighted by molar-refractivity contribution is 0.0996.